The Balaban J connectivity index is 2.04. The predicted octanol–water partition coefficient (Wildman–Crippen LogP) is 1.73. The third-order valence-corrected chi connectivity index (χ3v) is 3.91. The minimum Gasteiger partial charge on any atom is -0.369 e. The van der Waals surface area contributed by atoms with Gasteiger partial charge in [-0.25, -0.2) is 0 Å². The van der Waals surface area contributed by atoms with Crippen LogP contribution in [0.5, 0.6) is 0 Å². The van der Waals surface area contributed by atoms with Gasteiger partial charge in [0.1, 0.15) is 5.69 Å². The Morgan fingerprint density at radius 2 is 2.19 bits per heavy atom. The largest absolute Gasteiger partial charge is 0.369 e. The van der Waals surface area contributed by atoms with Crippen molar-refractivity contribution in [3.63, 3.8) is 0 Å². The van der Waals surface area contributed by atoms with Gasteiger partial charge in [-0.05, 0) is 44.4 Å². The van der Waals surface area contributed by atoms with Gasteiger partial charge in [0, 0.05) is 23.8 Å². The third-order valence-electron chi connectivity index (χ3n) is 3.91. The molecule has 0 saturated heterocycles. The van der Waals surface area contributed by atoms with Crippen molar-refractivity contribution in [2.24, 2.45) is 5.73 Å². The van der Waals surface area contributed by atoms with Crippen LogP contribution in [0.15, 0.2) is 18.2 Å². The molecule has 1 amide bonds. The van der Waals surface area contributed by atoms with E-state index in [9.17, 15) is 4.79 Å². The summed E-state index contributed by atoms with van der Waals surface area (Å²) in [6, 6.07) is 6.64. The maximum absolute atomic E-state index is 11.4. The highest BCUT2D eigenvalue weighted by atomic mass is 16.1. The van der Waals surface area contributed by atoms with Gasteiger partial charge in [-0.1, -0.05) is 6.07 Å². The van der Waals surface area contributed by atoms with Gasteiger partial charge in [-0.2, -0.15) is 15.4 Å². The smallest absolute Gasteiger partial charge is 0.271 e. The van der Waals surface area contributed by atoms with Crippen molar-refractivity contribution >= 4 is 11.6 Å². The number of anilines is 1. The SMILES string of the molecule is CC(C)N1CCCc2cc(-c3n[nH]nc3C(N)=O)ccc21. The van der Waals surface area contributed by atoms with Crippen LogP contribution in [-0.2, 0) is 6.42 Å². The molecule has 21 heavy (non-hydrogen) atoms. The van der Waals surface area contributed by atoms with E-state index in [-0.39, 0.29) is 5.69 Å². The van der Waals surface area contributed by atoms with Gasteiger partial charge >= 0.3 is 0 Å². The van der Waals surface area contributed by atoms with Crippen molar-refractivity contribution in [3.05, 3.63) is 29.5 Å². The summed E-state index contributed by atoms with van der Waals surface area (Å²) in [6.07, 6.45) is 2.17. The van der Waals surface area contributed by atoms with Crippen molar-refractivity contribution in [2.75, 3.05) is 11.4 Å². The van der Waals surface area contributed by atoms with Crippen LogP contribution in [-0.4, -0.2) is 33.9 Å². The first kappa shape index (κ1) is 13.6. The summed E-state index contributed by atoms with van der Waals surface area (Å²) in [5.41, 5.74) is 9.46. The summed E-state index contributed by atoms with van der Waals surface area (Å²) < 4.78 is 0. The van der Waals surface area contributed by atoms with Crippen LogP contribution in [0.1, 0.15) is 36.3 Å². The molecule has 1 aliphatic heterocycles. The van der Waals surface area contributed by atoms with E-state index in [1.165, 1.54) is 11.3 Å². The molecule has 2 aromatic rings. The highest BCUT2D eigenvalue weighted by Gasteiger charge is 2.21. The van der Waals surface area contributed by atoms with Crippen LogP contribution < -0.4 is 10.6 Å². The number of nitrogens with one attached hydrogen (secondary N) is 1. The second kappa shape index (κ2) is 5.20. The average molecular weight is 285 g/mol. The zero-order chi connectivity index (χ0) is 15.0. The molecule has 0 spiro atoms. The number of H-pyrrole nitrogens is 1. The lowest BCUT2D eigenvalue weighted by Crippen LogP contribution is -2.35. The Morgan fingerprint density at radius 3 is 2.90 bits per heavy atom. The molecule has 1 aromatic carbocycles. The number of fused-ring (bicyclic) bond motifs is 1. The number of nitrogens with two attached hydrogens (primary N) is 1. The normalized spacial score (nSPS) is 14.3. The first-order valence-electron chi connectivity index (χ1n) is 7.18. The number of carbonyl (C=O) groups excluding carboxylic acids is 1. The van der Waals surface area contributed by atoms with Gasteiger partial charge in [0.05, 0.1) is 0 Å². The molecule has 0 radical (unpaired) electrons. The minimum absolute atomic E-state index is 0.187. The van der Waals surface area contributed by atoms with E-state index >= 15 is 0 Å². The molecular formula is C15H19N5O. The Kier molecular flexibility index (Phi) is 3.37. The number of aryl methyl sites for hydroxylation is 1. The van der Waals surface area contributed by atoms with Gasteiger partial charge in [0.2, 0.25) is 0 Å². The monoisotopic (exact) mass is 285 g/mol. The average Bonchev–Trinajstić information content (AvgIpc) is 2.95. The van der Waals surface area contributed by atoms with Crippen LogP contribution >= 0.6 is 0 Å². The van der Waals surface area contributed by atoms with E-state index in [2.05, 4.69) is 46.3 Å². The molecule has 2 heterocycles. The third kappa shape index (κ3) is 2.37. The summed E-state index contributed by atoms with van der Waals surface area (Å²) >= 11 is 0. The molecule has 0 fully saturated rings. The summed E-state index contributed by atoms with van der Waals surface area (Å²) in [7, 11) is 0. The molecule has 110 valence electrons. The van der Waals surface area contributed by atoms with Crippen molar-refractivity contribution < 1.29 is 4.79 Å². The standard InChI is InChI=1S/C15H19N5O/c1-9(2)20-7-3-4-10-8-11(5-6-12(10)20)13-14(15(16)21)18-19-17-13/h5-6,8-9H,3-4,7H2,1-2H3,(H2,16,21)(H,17,18,19). The molecule has 0 atom stereocenters. The molecular weight excluding hydrogens is 266 g/mol. The van der Waals surface area contributed by atoms with Crippen LogP contribution in [0.3, 0.4) is 0 Å². The summed E-state index contributed by atoms with van der Waals surface area (Å²) in [5.74, 6) is -0.569. The molecule has 0 aliphatic carbocycles. The highest BCUT2D eigenvalue weighted by Crippen LogP contribution is 2.32. The maximum atomic E-state index is 11.4. The topological polar surface area (TPSA) is 87.9 Å². The number of amides is 1. The van der Waals surface area contributed by atoms with Crippen molar-refractivity contribution in [1.29, 1.82) is 0 Å². The van der Waals surface area contributed by atoms with E-state index in [0.717, 1.165) is 24.9 Å². The van der Waals surface area contributed by atoms with Crippen molar-refractivity contribution in [3.8, 4) is 11.3 Å². The molecule has 3 N–H and O–H groups in total. The number of hydrogen-bond donors (Lipinski definition) is 2. The van der Waals surface area contributed by atoms with Gasteiger partial charge in [-0.3, -0.25) is 4.79 Å². The van der Waals surface area contributed by atoms with Crippen molar-refractivity contribution in [2.45, 2.75) is 32.7 Å². The van der Waals surface area contributed by atoms with Gasteiger partial charge < -0.3 is 10.6 Å². The zero-order valence-corrected chi connectivity index (χ0v) is 12.3. The van der Waals surface area contributed by atoms with E-state index in [4.69, 9.17) is 5.73 Å². The number of rotatable bonds is 3. The molecule has 0 unspecified atom stereocenters. The minimum atomic E-state index is -0.569. The molecule has 0 bridgehead atoms. The Labute approximate surface area is 123 Å². The Hall–Kier alpha value is -2.37. The first-order valence-corrected chi connectivity index (χ1v) is 7.18. The fourth-order valence-electron chi connectivity index (χ4n) is 2.91. The van der Waals surface area contributed by atoms with Crippen LogP contribution in [0.4, 0.5) is 5.69 Å². The summed E-state index contributed by atoms with van der Waals surface area (Å²) in [6.45, 7) is 5.48. The van der Waals surface area contributed by atoms with E-state index in [0.29, 0.717) is 11.7 Å². The van der Waals surface area contributed by atoms with Gasteiger partial charge in [-0.15, -0.1) is 0 Å². The first-order chi connectivity index (χ1) is 10.1. The Bertz CT molecular complexity index is 676. The molecule has 6 nitrogen and oxygen atoms in total. The fourth-order valence-corrected chi connectivity index (χ4v) is 2.91. The van der Waals surface area contributed by atoms with Crippen LogP contribution in [0.2, 0.25) is 0 Å². The molecule has 0 saturated carbocycles. The number of benzene rings is 1. The molecule has 1 aliphatic rings. The number of nitrogens with zero attached hydrogens (tertiary/aromatic N) is 3. The fraction of sp³-hybridized carbons (Fsp3) is 0.400. The summed E-state index contributed by atoms with van der Waals surface area (Å²) in [5, 5.41) is 10.4. The van der Waals surface area contributed by atoms with E-state index < -0.39 is 5.91 Å². The lowest BCUT2D eigenvalue weighted by molar-refractivity contribution is 0.0996. The summed E-state index contributed by atoms with van der Waals surface area (Å²) in [4.78, 5) is 13.8. The van der Waals surface area contributed by atoms with Crippen molar-refractivity contribution in [1.82, 2.24) is 15.4 Å². The number of aromatic nitrogens is 3. The Morgan fingerprint density at radius 1 is 1.38 bits per heavy atom. The zero-order valence-electron chi connectivity index (χ0n) is 12.3. The quantitative estimate of drug-likeness (QED) is 0.899. The van der Waals surface area contributed by atoms with E-state index in [1.54, 1.807) is 0 Å². The second-order valence-electron chi connectivity index (χ2n) is 5.62. The number of primary amides is 1. The van der Waals surface area contributed by atoms with Crippen LogP contribution in [0, 0.1) is 0 Å². The number of carbonyl (C=O) groups is 1. The molecule has 6 heteroatoms. The van der Waals surface area contributed by atoms with Gasteiger partial charge in [0.15, 0.2) is 5.69 Å². The lowest BCUT2D eigenvalue weighted by Gasteiger charge is -2.34. The second-order valence-corrected chi connectivity index (χ2v) is 5.62. The highest BCUT2D eigenvalue weighted by molar-refractivity contribution is 5.96. The van der Waals surface area contributed by atoms with Crippen LogP contribution in [0.25, 0.3) is 11.3 Å². The predicted molar refractivity (Wildman–Crippen MR) is 81.1 cm³/mol. The van der Waals surface area contributed by atoms with Gasteiger partial charge in [0.25, 0.3) is 5.91 Å². The molecule has 1 aromatic heterocycles. The number of aromatic amines is 1. The lowest BCUT2D eigenvalue weighted by atomic mass is 9.96. The maximum Gasteiger partial charge on any atom is 0.271 e. The van der Waals surface area contributed by atoms with E-state index in [1.807, 2.05) is 6.07 Å². The number of hydrogen-bond acceptors (Lipinski definition) is 4. The molecule has 3 rings (SSSR count).